The van der Waals surface area contributed by atoms with E-state index in [4.69, 9.17) is 5.73 Å². The average molecular weight is 227 g/mol. The molecule has 12 heavy (non-hydrogen) atoms. The smallest absolute Gasteiger partial charge is 0.0859 e. The Bertz CT molecular complexity index is 295. The van der Waals surface area contributed by atoms with Gasteiger partial charge in [0, 0.05) is 11.0 Å². The second-order valence-corrected chi connectivity index (χ2v) is 3.13. The molecule has 0 aliphatic rings. The van der Waals surface area contributed by atoms with Crippen LogP contribution in [0.25, 0.3) is 6.08 Å². The quantitative estimate of drug-likeness (QED) is 0.787. The molecule has 0 fully saturated rings. The minimum Gasteiger partial charge on any atom is -0.397 e. The number of nitrogen functional groups attached to an aromatic ring is 1. The standard InChI is InChI=1S/C9H11BrN2/c1-7-4-5-8(11)9(12-7)3-2-6-10/h2-5H,6,11H2,1H3. The fraction of sp³-hybridized carbons (Fsp3) is 0.222. The molecule has 1 aromatic rings. The topological polar surface area (TPSA) is 38.9 Å². The van der Waals surface area contributed by atoms with Gasteiger partial charge in [-0.25, -0.2) is 0 Å². The van der Waals surface area contributed by atoms with Crippen LogP contribution in [0.15, 0.2) is 18.2 Å². The van der Waals surface area contributed by atoms with E-state index in [9.17, 15) is 0 Å². The first-order valence-corrected chi connectivity index (χ1v) is 4.82. The molecule has 0 atom stereocenters. The number of aryl methyl sites for hydroxylation is 1. The van der Waals surface area contributed by atoms with E-state index in [0.29, 0.717) is 0 Å². The highest BCUT2D eigenvalue weighted by Gasteiger charge is 1.95. The van der Waals surface area contributed by atoms with Crippen molar-refractivity contribution in [3.8, 4) is 0 Å². The van der Waals surface area contributed by atoms with Gasteiger partial charge in [-0.1, -0.05) is 22.0 Å². The molecule has 0 saturated heterocycles. The lowest BCUT2D eigenvalue weighted by atomic mass is 10.2. The van der Waals surface area contributed by atoms with E-state index < -0.39 is 0 Å². The van der Waals surface area contributed by atoms with Gasteiger partial charge in [0.25, 0.3) is 0 Å². The molecule has 0 amide bonds. The highest BCUT2D eigenvalue weighted by molar-refractivity contribution is 9.09. The number of nitrogens with zero attached hydrogens (tertiary/aromatic N) is 1. The molecule has 0 bridgehead atoms. The van der Waals surface area contributed by atoms with Crippen molar-refractivity contribution in [3.05, 3.63) is 29.6 Å². The third-order valence-electron chi connectivity index (χ3n) is 1.46. The summed E-state index contributed by atoms with van der Waals surface area (Å²) in [6.07, 6.45) is 3.88. The number of alkyl halides is 1. The summed E-state index contributed by atoms with van der Waals surface area (Å²) in [7, 11) is 0. The van der Waals surface area contributed by atoms with Gasteiger partial charge in [-0.15, -0.1) is 0 Å². The molecular formula is C9H11BrN2. The van der Waals surface area contributed by atoms with Gasteiger partial charge in [-0.3, -0.25) is 4.98 Å². The first kappa shape index (κ1) is 9.26. The Kier molecular flexibility index (Phi) is 3.29. The van der Waals surface area contributed by atoms with E-state index in [2.05, 4.69) is 20.9 Å². The Morgan fingerprint density at radius 1 is 1.58 bits per heavy atom. The lowest BCUT2D eigenvalue weighted by molar-refractivity contribution is 1.18. The molecular weight excluding hydrogens is 216 g/mol. The number of hydrogen-bond acceptors (Lipinski definition) is 2. The second kappa shape index (κ2) is 4.26. The lowest BCUT2D eigenvalue weighted by Gasteiger charge is -1.99. The average Bonchev–Trinajstić information content (AvgIpc) is 2.07. The molecule has 64 valence electrons. The molecule has 0 aliphatic carbocycles. The van der Waals surface area contributed by atoms with Crippen molar-refractivity contribution in [2.75, 3.05) is 11.1 Å². The Balaban J connectivity index is 2.97. The molecule has 0 saturated carbocycles. The first-order valence-electron chi connectivity index (χ1n) is 3.69. The highest BCUT2D eigenvalue weighted by atomic mass is 79.9. The molecule has 1 heterocycles. The maximum Gasteiger partial charge on any atom is 0.0859 e. The molecule has 2 nitrogen and oxygen atoms in total. The fourth-order valence-electron chi connectivity index (χ4n) is 0.877. The van der Waals surface area contributed by atoms with Gasteiger partial charge in [0.15, 0.2) is 0 Å². The number of aromatic nitrogens is 1. The van der Waals surface area contributed by atoms with E-state index in [1.54, 1.807) is 0 Å². The maximum atomic E-state index is 5.70. The minimum absolute atomic E-state index is 0.720. The zero-order chi connectivity index (χ0) is 8.97. The zero-order valence-corrected chi connectivity index (χ0v) is 8.51. The summed E-state index contributed by atoms with van der Waals surface area (Å²) >= 11 is 3.29. The van der Waals surface area contributed by atoms with Gasteiger partial charge < -0.3 is 5.73 Å². The van der Waals surface area contributed by atoms with Crippen LogP contribution in [-0.4, -0.2) is 10.3 Å². The monoisotopic (exact) mass is 226 g/mol. The van der Waals surface area contributed by atoms with Crippen molar-refractivity contribution in [2.24, 2.45) is 0 Å². The van der Waals surface area contributed by atoms with Gasteiger partial charge in [0.05, 0.1) is 11.4 Å². The Hall–Kier alpha value is -0.830. The number of halogens is 1. The van der Waals surface area contributed by atoms with E-state index in [1.165, 1.54) is 0 Å². The van der Waals surface area contributed by atoms with Crippen LogP contribution in [0.3, 0.4) is 0 Å². The van der Waals surface area contributed by atoms with Crippen LogP contribution in [-0.2, 0) is 0 Å². The lowest BCUT2D eigenvalue weighted by Crippen LogP contribution is -1.93. The van der Waals surface area contributed by atoms with Crippen LogP contribution in [0.5, 0.6) is 0 Å². The summed E-state index contributed by atoms with van der Waals surface area (Å²) in [4.78, 5) is 4.28. The van der Waals surface area contributed by atoms with Crippen molar-refractivity contribution in [1.29, 1.82) is 0 Å². The molecule has 0 aromatic carbocycles. The van der Waals surface area contributed by atoms with Crippen LogP contribution < -0.4 is 5.73 Å². The van der Waals surface area contributed by atoms with Crippen molar-refractivity contribution >= 4 is 27.7 Å². The Morgan fingerprint density at radius 3 is 3.00 bits per heavy atom. The van der Waals surface area contributed by atoms with Crippen LogP contribution in [0.4, 0.5) is 5.69 Å². The molecule has 0 unspecified atom stereocenters. The third-order valence-corrected chi connectivity index (χ3v) is 1.84. The van der Waals surface area contributed by atoms with Crippen LogP contribution in [0.1, 0.15) is 11.4 Å². The molecule has 1 aromatic heterocycles. The van der Waals surface area contributed by atoms with Crippen LogP contribution >= 0.6 is 15.9 Å². The van der Waals surface area contributed by atoms with Crippen molar-refractivity contribution in [2.45, 2.75) is 6.92 Å². The normalized spacial score (nSPS) is 10.8. The van der Waals surface area contributed by atoms with Crippen LogP contribution in [0, 0.1) is 6.92 Å². The summed E-state index contributed by atoms with van der Waals surface area (Å²) in [5.41, 5.74) is 8.25. The summed E-state index contributed by atoms with van der Waals surface area (Å²) in [6.45, 7) is 1.95. The van der Waals surface area contributed by atoms with E-state index >= 15 is 0 Å². The van der Waals surface area contributed by atoms with E-state index in [1.807, 2.05) is 31.2 Å². The van der Waals surface area contributed by atoms with Crippen molar-refractivity contribution in [1.82, 2.24) is 4.98 Å². The Labute approximate surface area is 80.6 Å². The first-order chi connectivity index (χ1) is 5.74. The molecule has 0 spiro atoms. The summed E-state index contributed by atoms with van der Waals surface area (Å²) in [5.74, 6) is 0. The number of rotatable bonds is 2. The van der Waals surface area contributed by atoms with Gasteiger partial charge in [0.1, 0.15) is 0 Å². The van der Waals surface area contributed by atoms with E-state index in [0.717, 1.165) is 22.4 Å². The van der Waals surface area contributed by atoms with Gasteiger partial charge >= 0.3 is 0 Å². The van der Waals surface area contributed by atoms with Gasteiger partial charge in [-0.2, -0.15) is 0 Å². The molecule has 3 heteroatoms. The molecule has 1 rings (SSSR count). The molecule has 0 aliphatic heterocycles. The predicted octanol–water partition coefficient (Wildman–Crippen LogP) is 2.38. The SMILES string of the molecule is Cc1ccc(N)c(C=CCBr)n1. The minimum atomic E-state index is 0.720. The number of hydrogen-bond donors (Lipinski definition) is 1. The molecule has 2 N–H and O–H groups in total. The number of allylic oxidation sites excluding steroid dienone is 1. The van der Waals surface area contributed by atoms with E-state index in [-0.39, 0.29) is 0 Å². The summed E-state index contributed by atoms with van der Waals surface area (Å²) in [6, 6.07) is 3.77. The maximum absolute atomic E-state index is 5.70. The number of anilines is 1. The van der Waals surface area contributed by atoms with Gasteiger partial charge in [-0.05, 0) is 25.1 Å². The van der Waals surface area contributed by atoms with Gasteiger partial charge in [0.2, 0.25) is 0 Å². The Morgan fingerprint density at radius 2 is 2.33 bits per heavy atom. The third kappa shape index (κ3) is 2.34. The summed E-state index contributed by atoms with van der Waals surface area (Å²) < 4.78 is 0. The fourth-order valence-corrected chi connectivity index (χ4v) is 1.06. The zero-order valence-electron chi connectivity index (χ0n) is 6.92. The van der Waals surface area contributed by atoms with Crippen LogP contribution in [0.2, 0.25) is 0 Å². The summed E-state index contributed by atoms with van der Waals surface area (Å²) in [5, 5.41) is 0.821. The number of nitrogens with two attached hydrogens (primary N) is 1. The highest BCUT2D eigenvalue weighted by Crippen LogP contribution is 2.11. The van der Waals surface area contributed by atoms with Crippen molar-refractivity contribution in [3.63, 3.8) is 0 Å². The number of pyridine rings is 1. The molecule has 0 radical (unpaired) electrons. The largest absolute Gasteiger partial charge is 0.397 e. The predicted molar refractivity (Wildman–Crippen MR) is 56.2 cm³/mol. The second-order valence-electron chi connectivity index (χ2n) is 2.48. The van der Waals surface area contributed by atoms with Crippen molar-refractivity contribution < 1.29 is 0 Å².